The van der Waals surface area contributed by atoms with Crippen molar-refractivity contribution in [1.29, 1.82) is 5.26 Å². The summed E-state index contributed by atoms with van der Waals surface area (Å²) in [5, 5.41) is 16.7. The van der Waals surface area contributed by atoms with Crippen LogP contribution in [0.3, 0.4) is 0 Å². The van der Waals surface area contributed by atoms with Gasteiger partial charge in [0.1, 0.15) is 17.8 Å². The summed E-state index contributed by atoms with van der Waals surface area (Å²) in [5.41, 5.74) is 5.78. The van der Waals surface area contributed by atoms with Crippen molar-refractivity contribution in [1.82, 2.24) is 5.01 Å². The first kappa shape index (κ1) is 21.6. The fraction of sp³-hybridized carbons (Fsp3) is 0.360. The molecule has 2 heterocycles. The normalized spacial score (nSPS) is 26.1. The maximum atomic E-state index is 13.8. The highest BCUT2D eigenvalue weighted by Crippen LogP contribution is 2.60. The molecule has 7 heteroatoms. The van der Waals surface area contributed by atoms with Gasteiger partial charge < -0.3 is 10.5 Å². The number of hydrogen-bond donors (Lipinski definition) is 1. The number of methoxy groups -OCH3 is 1. The third kappa shape index (κ3) is 2.98. The molecule has 7 nitrogen and oxygen atoms in total. The predicted octanol–water partition coefficient (Wildman–Crippen LogP) is 3.16. The van der Waals surface area contributed by atoms with Crippen LogP contribution in [-0.4, -0.2) is 36.1 Å². The minimum Gasteiger partial charge on any atom is -0.497 e. The molecule has 2 aliphatic rings. The molecule has 1 fully saturated rings. The summed E-state index contributed by atoms with van der Waals surface area (Å²) < 4.78 is 5.27. The van der Waals surface area contributed by atoms with E-state index in [9.17, 15) is 14.9 Å². The molecule has 0 aliphatic carbocycles. The Balaban J connectivity index is 2.03. The van der Waals surface area contributed by atoms with Crippen molar-refractivity contribution in [3.63, 3.8) is 0 Å². The maximum absolute atomic E-state index is 13.8. The fourth-order valence-corrected chi connectivity index (χ4v) is 4.92. The molecule has 0 unspecified atom stereocenters. The SMILES string of the molecule is COc1ccc([C@@H]2[C@H](C(=O)C(C)(C)C)N3N=Cc4ccccc4[C@H]3[C@]2(C#N)C(N)=O)cc1. The van der Waals surface area contributed by atoms with Crippen LogP contribution in [0.25, 0.3) is 0 Å². The van der Waals surface area contributed by atoms with Crippen molar-refractivity contribution in [2.75, 3.05) is 7.11 Å². The summed E-state index contributed by atoms with van der Waals surface area (Å²) in [4.78, 5) is 26.9. The van der Waals surface area contributed by atoms with Gasteiger partial charge in [0.15, 0.2) is 11.2 Å². The maximum Gasteiger partial charge on any atom is 0.241 e. The Labute approximate surface area is 187 Å². The Bertz CT molecular complexity index is 1140. The first-order valence-corrected chi connectivity index (χ1v) is 10.5. The van der Waals surface area contributed by atoms with E-state index in [0.29, 0.717) is 11.3 Å². The van der Waals surface area contributed by atoms with E-state index in [2.05, 4.69) is 11.2 Å². The van der Waals surface area contributed by atoms with Crippen LogP contribution in [0.4, 0.5) is 0 Å². The van der Waals surface area contributed by atoms with Gasteiger partial charge in [-0.3, -0.25) is 14.6 Å². The molecule has 0 radical (unpaired) electrons. The molecule has 164 valence electrons. The highest BCUT2D eigenvalue weighted by Gasteiger charge is 2.67. The first-order chi connectivity index (χ1) is 15.2. The van der Waals surface area contributed by atoms with E-state index in [1.54, 1.807) is 42.6 Å². The van der Waals surface area contributed by atoms with E-state index in [4.69, 9.17) is 10.5 Å². The molecule has 0 aromatic heterocycles. The molecule has 0 saturated carbocycles. The number of hydrazone groups is 1. The van der Waals surface area contributed by atoms with E-state index in [-0.39, 0.29) is 5.78 Å². The molecule has 1 saturated heterocycles. The number of primary amides is 1. The Morgan fingerprint density at radius 3 is 2.38 bits per heavy atom. The second-order valence-electron chi connectivity index (χ2n) is 9.31. The number of carbonyl (C=O) groups excluding carboxylic acids is 2. The van der Waals surface area contributed by atoms with Gasteiger partial charge in [0.25, 0.3) is 0 Å². The second kappa shape index (κ2) is 7.49. The van der Waals surface area contributed by atoms with Gasteiger partial charge in [-0.25, -0.2) is 0 Å². The van der Waals surface area contributed by atoms with Crippen molar-refractivity contribution in [3.8, 4) is 11.8 Å². The lowest BCUT2D eigenvalue weighted by Gasteiger charge is -2.35. The monoisotopic (exact) mass is 430 g/mol. The third-order valence-electron chi connectivity index (χ3n) is 6.48. The van der Waals surface area contributed by atoms with Crippen LogP contribution in [0.5, 0.6) is 5.75 Å². The minimum absolute atomic E-state index is 0.113. The highest BCUT2D eigenvalue weighted by atomic mass is 16.5. The van der Waals surface area contributed by atoms with Crippen molar-refractivity contribution >= 4 is 17.9 Å². The van der Waals surface area contributed by atoms with Crippen LogP contribution in [0, 0.1) is 22.2 Å². The number of hydrogen-bond acceptors (Lipinski definition) is 6. The molecule has 2 aliphatic heterocycles. The molecule has 4 atom stereocenters. The Morgan fingerprint density at radius 2 is 1.81 bits per heavy atom. The summed E-state index contributed by atoms with van der Waals surface area (Å²) in [7, 11) is 1.56. The molecule has 0 spiro atoms. The molecule has 0 bridgehead atoms. The van der Waals surface area contributed by atoms with Gasteiger partial charge in [-0.1, -0.05) is 57.2 Å². The lowest BCUT2D eigenvalue weighted by Crippen LogP contribution is -2.45. The average molecular weight is 431 g/mol. The number of amides is 1. The van der Waals surface area contributed by atoms with Gasteiger partial charge >= 0.3 is 0 Å². The predicted molar refractivity (Wildman–Crippen MR) is 120 cm³/mol. The highest BCUT2D eigenvalue weighted by molar-refractivity contribution is 5.96. The lowest BCUT2D eigenvalue weighted by molar-refractivity contribution is -0.131. The Morgan fingerprint density at radius 1 is 1.16 bits per heavy atom. The molecule has 2 aromatic carbocycles. The number of ketones is 1. The van der Waals surface area contributed by atoms with E-state index >= 15 is 0 Å². The fourth-order valence-electron chi connectivity index (χ4n) is 4.92. The zero-order valence-corrected chi connectivity index (χ0v) is 18.6. The number of fused-ring (bicyclic) bond motifs is 3. The Hall–Kier alpha value is -3.66. The number of ether oxygens (including phenoxy) is 1. The van der Waals surface area contributed by atoms with Crippen LogP contribution in [0.1, 0.15) is 49.4 Å². The van der Waals surface area contributed by atoms with Crippen LogP contribution >= 0.6 is 0 Å². The molecular weight excluding hydrogens is 404 g/mol. The van der Waals surface area contributed by atoms with E-state index < -0.39 is 34.7 Å². The van der Waals surface area contributed by atoms with Gasteiger partial charge in [0.05, 0.1) is 19.4 Å². The number of Topliss-reactive ketones (excluding diaryl/α,β-unsaturated/α-hetero) is 1. The van der Waals surface area contributed by atoms with Gasteiger partial charge in [-0.05, 0) is 28.8 Å². The van der Waals surface area contributed by atoms with Gasteiger partial charge in [0, 0.05) is 11.3 Å². The zero-order chi connectivity index (χ0) is 23.3. The van der Waals surface area contributed by atoms with Crippen LogP contribution in [0.2, 0.25) is 0 Å². The molecule has 2 aromatic rings. The minimum atomic E-state index is -1.70. The second-order valence-corrected chi connectivity index (χ2v) is 9.31. The van der Waals surface area contributed by atoms with E-state index in [0.717, 1.165) is 11.1 Å². The van der Waals surface area contributed by atoms with E-state index in [1.165, 1.54) is 0 Å². The summed E-state index contributed by atoms with van der Waals surface area (Å²) in [5.74, 6) is -1.06. The quantitative estimate of drug-likeness (QED) is 0.801. The lowest BCUT2D eigenvalue weighted by atomic mass is 9.65. The average Bonchev–Trinajstić information content (AvgIpc) is 3.09. The smallest absolute Gasteiger partial charge is 0.241 e. The number of nitrogens with two attached hydrogens (primary N) is 1. The topological polar surface area (TPSA) is 109 Å². The van der Waals surface area contributed by atoms with Crippen molar-refractivity contribution < 1.29 is 14.3 Å². The number of benzene rings is 2. The van der Waals surface area contributed by atoms with Gasteiger partial charge in [-0.2, -0.15) is 10.4 Å². The first-order valence-electron chi connectivity index (χ1n) is 10.5. The molecule has 4 rings (SSSR count). The summed E-state index contributed by atoms with van der Waals surface area (Å²) >= 11 is 0. The number of rotatable bonds is 4. The van der Waals surface area contributed by atoms with E-state index in [1.807, 2.05) is 45.0 Å². The van der Waals surface area contributed by atoms with Crippen LogP contribution < -0.4 is 10.5 Å². The summed E-state index contributed by atoms with van der Waals surface area (Å²) in [6, 6.07) is 15.2. The molecule has 32 heavy (non-hydrogen) atoms. The summed E-state index contributed by atoms with van der Waals surface area (Å²) in [6.07, 6.45) is 1.67. The number of nitriles is 1. The number of nitrogens with zero attached hydrogens (tertiary/aromatic N) is 3. The van der Waals surface area contributed by atoms with Gasteiger partial charge in [0.2, 0.25) is 5.91 Å². The largest absolute Gasteiger partial charge is 0.497 e. The van der Waals surface area contributed by atoms with Crippen molar-refractivity contribution in [2.45, 2.75) is 38.8 Å². The Kier molecular flexibility index (Phi) is 5.04. The molecular formula is C25H26N4O3. The zero-order valence-electron chi connectivity index (χ0n) is 18.6. The van der Waals surface area contributed by atoms with Crippen LogP contribution in [-0.2, 0) is 9.59 Å². The van der Waals surface area contributed by atoms with Crippen molar-refractivity contribution in [2.24, 2.45) is 21.7 Å². The van der Waals surface area contributed by atoms with Crippen molar-refractivity contribution in [3.05, 3.63) is 65.2 Å². The summed E-state index contributed by atoms with van der Waals surface area (Å²) in [6.45, 7) is 5.48. The van der Waals surface area contributed by atoms with Crippen LogP contribution in [0.15, 0.2) is 53.6 Å². The van der Waals surface area contributed by atoms with Gasteiger partial charge in [-0.15, -0.1) is 0 Å². The standard InChI is InChI=1S/C25H26N4O3/c1-24(2,3)22(30)20-19(15-9-11-17(32-4)12-10-15)25(14-26,23(27)31)21-18-8-6-5-7-16(18)13-28-29(20)21/h5-13,19-21H,1-4H3,(H2,27,31)/t19-,20-,21+,25-/m1/s1. The number of carbonyl (C=O) groups is 2. The third-order valence-corrected chi connectivity index (χ3v) is 6.48. The molecule has 2 N–H and O–H groups in total. The molecule has 1 amide bonds.